The minimum absolute atomic E-state index is 0.0406. The van der Waals surface area contributed by atoms with Crippen LogP contribution >= 0.6 is 0 Å². The van der Waals surface area contributed by atoms with Crippen molar-refractivity contribution in [1.82, 2.24) is 14.6 Å². The van der Waals surface area contributed by atoms with Crippen LogP contribution in [0.1, 0.15) is 49.7 Å². The summed E-state index contributed by atoms with van der Waals surface area (Å²) in [5, 5.41) is 3.96. The van der Waals surface area contributed by atoms with Gasteiger partial charge in [-0.1, -0.05) is 32.9 Å². The molecule has 1 aliphatic rings. The van der Waals surface area contributed by atoms with Crippen LogP contribution in [0.25, 0.3) is 10.9 Å². The molecule has 1 aromatic carbocycles. The van der Waals surface area contributed by atoms with Gasteiger partial charge in [-0.3, -0.25) is 4.79 Å². The molecule has 0 saturated carbocycles. The van der Waals surface area contributed by atoms with E-state index in [0.717, 1.165) is 23.7 Å². The Morgan fingerprint density at radius 3 is 2.65 bits per heavy atom. The maximum atomic E-state index is 12.6. The van der Waals surface area contributed by atoms with Gasteiger partial charge in [0, 0.05) is 30.0 Å². The number of nitrogens with zero attached hydrogens (tertiary/aromatic N) is 1. The van der Waals surface area contributed by atoms with Gasteiger partial charge in [-0.2, -0.15) is 0 Å². The van der Waals surface area contributed by atoms with Crippen LogP contribution in [0, 0.1) is 0 Å². The molecule has 1 amide bonds. The summed E-state index contributed by atoms with van der Waals surface area (Å²) in [5.74, 6) is -0.196. The first-order valence-electron chi connectivity index (χ1n) is 8.93. The molecular weight excluding hydrogens is 350 g/mol. The molecule has 2 N–H and O–H groups in total. The van der Waals surface area contributed by atoms with Crippen molar-refractivity contribution in [2.45, 2.75) is 45.1 Å². The summed E-state index contributed by atoms with van der Waals surface area (Å²) in [6.45, 7) is 7.32. The quantitative estimate of drug-likeness (QED) is 0.863. The molecule has 0 spiro atoms. The number of fused-ring (bicyclic) bond motifs is 1. The molecule has 0 radical (unpaired) electrons. The summed E-state index contributed by atoms with van der Waals surface area (Å²) in [6.07, 6.45) is 2.74. The van der Waals surface area contributed by atoms with E-state index in [9.17, 15) is 13.2 Å². The lowest BCUT2D eigenvalue weighted by Gasteiger charge is -2.31. The number of amides is 1. The first-order valence-corrected chi connectivity index (χ1v) is 10.8. The topological polar surface area (TPSA) is 82.3 Å². The van der Waals surface area contributed by atoms with Crippen LogP contribution in [-0.2, 0) is 15.4 Å². The highest BCUT2D eigenvalue weighted by atomic mass is 32.2. The average molecular weight is 378 g/mol. The highest BCUT2D eigenvalue weighted by molar-refractivity contribution is 7.88. The Bertz CT molecular complexity index is 925. The van der Waals surface area contributed by atoms with Gasteiger partial charge < -0.3 is 10.3 Å². The maximum absolute atomic E-state index is 12.6. The zero-order valence-corrected chi connectivity index (χ0v) is 16.6. The zero-order valence-electron chi connectivity index (χ0n) is 15.8. The van der Waals surface area contributed by atoms with Crippen LogP contribution in [0.4, 0.5) is 0 Å². The Kier molecular flexibility index (Phi) is 4.88. The summed E-state index contributed by atoms with van der Waals surface area (Å²) < 4.78 is 24.9. The average Bonchev–Trinajstić information content (AvgIpc) is 2.96. The van der Waals surface area contributed by atoms with E-state index in [4.69, 9.17) is 0 Å². The standard InChI is InChI=1S/C19H27N3O3S/c1-19(2,3)14-8-7-13-10-17(21-16(13)11-14)18(23)20-15-6-5-9-22(12-15)26(4,24)25/h7-8,10-11,15,21H,5-6,9,12H2,1-4H3,(H,20,23). The monoisotopic (exact) mass is 377 g/mol. The molecule has 2 aromatic rings. The van der Waals surface area contributed by atoms with E-state index >= 15 is 0 Å². The fourth-order valence-corrected chi connectivity index (χ4v) is 4.25. The van der Waals surface area contributed by atoms with Gasteiger partial charge in [-0.05, 0) is 36.0 Å². The van der Waals surface area contributed by atoms with Crippen molar-refractivity contribution in [3.63, 3.8) is 0 Å². The predicted molar refractivity (Wildman–Crippen MR) is 104 cm³/mol. The number of hydrogen-bond acceptors (Lipinski definition) is 3. The van der Waals surface area contributed by atoms with E-state index in [2.05, 4.69) is 43.2 Å². The van der Waals surface area contributed by atoms with E-state index in [1.807, 2.05) is 12.1 Å². The van der Waals surface area contributed by atoms with E-state index in [1.54, 1.807) is 0 Å². The molecule has 0 bridgehead atoms. The first kappa shape index (κ1) is 18.9. The number of aromatic nitrogens is 1. The number of rotatable bonds is 3. The fraction of sp³-hybridized carbons (Fsp3) is 0.526. The molecule has 0 aliphatic carbocycles. The maximum Gasteiger partial charge on any atom is 0.267 e. The smallest absolute Gasteiger partial charge is 0.267 e. The Morgan fingerprint density at radius 1 is 1.27 bits per heavy atom. The number of H-pyrrole nitrogens is 1. The normalized spacial score (nSPS) is 19.6. The highest BCUT2D eigenvalue weighted by Crippen LogP contribution is 2.26. The fourth-order valence-electron chi connectivity index (χ4n) is 3.34. The van der Waals surface area contributed by atoms with Gasteiger partial charge in [0.05, 0.1) is 6.26 Å². The second kappa shape index (κ2) is 6.70. The second-order valence-corrected chi connectivity index (χ2v) is 10.2. The van der Waals surface area contributed by atoms with Crippen LogP contribution in [0.3, 0.4) is 0 Å². The molecule has 1 atom stereocenters. The summed E-state index contributed by atoms with van der Waals surface area (Å²) >= 11 is 0. The molecule has 7 heteroatoms. The number of nitrogens with one attached hydrogen (secondary N) is 2. The van der Waals surface area contributed by atoms with Crippen molar-refractivity contribution in [2.75, 3.05) is 19.3 Å². The third-order valence-corrected chi connectivity index (χ3v) is 6.19. The van der Waals surface area contributed by atoms with E-state index in [-0.39, 0.29) is 17.4 Å². The first-order chi connectivity index (χ1) is 12.0. The number of carbonyl (C=O) groups excluding carboxylic acids is 1. The largest absolute Gasteiger partial charge is 0.351 e. The Hall–Kier alpha value is -1.86. The van der Waals surface area contributed by atoms with Crippen LogP contribution in [0.2, 0.25) is 0 Å². The molecule has 1 unspecified atom stereocenters. The zero-order chi connectivity index (χ0) is 19.1. The molecule has 6 nitrogen and oxygen atoms in total. The molecule has 3 rings (SSSR count). The molecule has 26 heavy (non-hydrogen) atoms. The van der Waals surface area contributed by atoms with Gasteiger partial charge >= 0.3 is 0 Å². The van der Waals surface area contributed by atoms with Crippen LogP contribution < -0.4 is 5.32 Å². The molecule has 2 heterocycles. The van der Waals surface area contributed by atoms with E-state index < -0.39 is 10.0 Å². The molecule has 1 fully saturated rings. The summed E-state index contributed by atoms with van der Waals surface area (Å²) in [7, 11) is -3.22. The Balaban J connectivity index is 1.75. The van der Waals surface area contributed by atoms with Crippen LogP contribution in [0.5, 0.6) is 0 Å². The molecule has 1 saturated heterocycles. The lowest BCUT2D eigenvalue weighted by molar-refractivity contribution is 0.0917. The van der Waals surface area contributed by atoms with Gasteiger partial charge in [-0.25, -0.2) is 12.7 Å². The molecule has 1 aliphatic heterocycles. The predicted octanol–water partition coefficient (Wildman–Crippen LogP) is 2.62. The lowest BCUT2D eigenvalue weighted by atomic mass is 9.87. The van der Waals surface area contributed by atoms with Gasteiger partial charge in [0.2, 0.25) is 10.0 Å². The van der Waals surface area contributed by atoms with Gasteiger partial charge in [0.1, 0.15) is 5.69 Å². The van der Waals surface area contributed by atoms with E-state index in [1.165, 1.54) is 16.1 Å². The number of aromatic amines is 1. The highest BCUT2D eigenvalue weighted by Gasteiger charge is 2.27. The summed E-state index contributed by atoms with van der Waals surface area (Å²) in [6, 6.07) is 7.87. The number of sulfonamides is 1. The Labute approximate surface area is 155 Å². The molecule has 142 valence electrons. The van der Waals surface area contributed by atoms with Gasteiger partial charge in [0.25, 0.3) is 5.91 Å². The number of carbonyl (C=O) groups is 1. The molecular formula is C19H27N3O3S. The minimum Gasteiger partial charge on any atom is -0.351 e. The Morgan fingerprint density at radius 2 is 2.00 bits per heavy atom. The third kappa shape index (κ3) is 4.10. The third-order valence-electron chi connectivity index (χ3n) is 4.92. The molecule has 1 aromatic heterocycles. The summed E-state index contributed by atoms with van der Waals surface area (Å²) in [4.78, 5) is 15.8. The van der Waals surface area contributed by atoms with Gasteiger partial charge in [0.15, 0.2) is 0 Å². The van der Waals surface area contributed by atoms with Crippen molar-refractivity contribution < 1.29 is 13.2 Å². The van der Waals surface area contributed by atoms with Gasteiger partial charge in [-0.15, -0.1) is 0 Å². The van der Waals surface area contributed by atoms with E-state index in [0.29, 0.717) is 18.8 Å². The van der Waals surface area contributed by atoms with Crippen molar-refractivity contribution in [1.29, 1.82) is 0 Å². The van der Waals surface area contributed by atoms with Crippen molar-refractivity contribution in [3.05, 3.63) is 35.5 Å². The number of benzene rings is 1. The van der Waals surface area contributed by atoms with Crippen molar-refractivity contribution in [2.24, 2.45) is 0 Å². The number of piperidine rings is 1. The lowest BCUT2D eigenvalue weighted by Crippen LogP contribution is -2.49. The van der Waals surface area contributed by atoms with Crippen LogP contribution in [0.15, 0.2) is 24.3 Å². The van der Waals surface area contributed by atoms with Crippen molar-refractivity contribution >= 4 is 26.8 Å². The minimum atomic E-state index is -3.22. The summed E-state index contributed by atoms with van der Waals surface area (Å²) in [5.41, 5.74) is 2.68. The van der Waals surface area contributed by atoms with Crippen molar-refractivity contribution in [3.8, 4) is 0 Å². The van der Waals surface area contributed by atoms with Crippen LogP contribution in [-0.4, -0.2) is 49.0 Å². The second-order valence-electron chi connectivity index (χ2n) is 8.17. The SMILES string of the molecule is CC(C)(C)c1ccc2cc(C(=O)NC3CCCN(S(C)(=O)=O)C3)[nH]c2c1. The number of hydrogen-bond donors (Lipinski definition) is 2.